The first kappa shape index (κ1) is 21.9. The molecule has 0 radical (unpaired) electrons. The van der Waals surface area contributed by atoms with Crippen LogP contribution >= 0.6 is 11.6 Å². The largest absolute Gasteiger partial charge is 0.494 e. The number of rotatable bonds is 7. The summed E-state index contributed by atoms with van der Waals surface area (Å²) in [5, 5.41) is 11.7. The zero-order chi connectivity index (χ0) is 21.4. The number of benzene rings is 2. The molecule has 1 N–H and O–H groups in total. The molecule has 8 heteroatoms. The van der Waals surface area contributed by atoms with E-state index in [1.54, 1.807) is 30.3 Å². The average Bonchev–Trinajstić information content (AvgIpc) is 2.69. The molecule has 0 bridgehead atoms. The van der Waals surface area contributed by atoms with Crippen LogP contribution in [0.5, 0.6) is 5.75 Å². The van der Waals surface area contributed by atoms with Gasteiger partial charge < -0.3 is 14.8 Å². The summed E-state index contributed by atoms with van der Waals surface area (Å²) in [5.41, 5.74) is 0.497. The van der Waals surface area contributed by atoms with Crippen LogP contribution in [0.1, 0.15) is 19.4 Å². The van der Waals surface area contributed by atoms with E-state index in [2.05, 4.69) is 5.32 Å². The van der Waals surface area contributed by atoms with Gasteiger partial charge in [-0.1, -0.05) is 23.7 Å². The maximum absolute atomic E-state index is 13.1. The standard InChI is InChI=1S/C21H18ClFN2O4/c1-3-28-17-7-4-14(5-8-17)10-15(12-24)21(27)29-13(2)20(26)25-19-9-6-16(23)11-18(19)22/h4-11,13H,3H2,1-2H3,(H,25,26)/b15-10+/t13-/m0/s1. The van der Waals surface area contributed by atoms with E-state index in [0.29, 0.717) is 17.9 Å². The molecule has 2 rings (SSSR count). The van der Waals surface area contributed by atoms with Gasteiger partial charge in [0.2, 0.25) is 0 Å². The van der Waals surface area contributed by atoms with Gasteiger partial charge in [-0.2, -0.15) is 5.26 Å². The van der Waals surface area contributed by atoms with E-state index in [1.165, 1.54) is 19.1 Å². The first-order chi connectivity index (χ1) is 13.8. The quantitative estimate of drug-likeness (QED) is 0.411. The Morgan fingerprint density at radius 3 is 2.55 bits per heavy atom. The Labute approximate surface area is 172 Å². The third-order valence-corrected chi connectivity index (χ3v) is 4.00. The predicted octanol–water partition coefficient (Wildman–Crippen LogP) is 4.36. The fraction of sp³-hybridized carbons (Fsp3) is 0.190. The molecule has 29 heavy (non-hydrogen) atoms. The summed E-state index contributed by atoms with van der Waals surface area (Å²) in [5.74, 6) is -1.51. The second-order valence-electron chi connectivity index (χ2n) is 5.83. The summed E-state index contributed by atoms with van der Waals surface area (Å²) >= 11 is 5.85. The Morgan fingerprint density at radius 1 is 1.28 bits per heavy atom. The minimum Gasteiger partial charge on any atom is -0.494 e. The van der Waals surface area contributed by atoms with E-state index in [1.807, 2.05) is 6.92 Å². The Bertz CT molecular complexity index is 968. The first-order valence-electron chi connectivity index (χ1n) is 8.65. The lowest BCUT2D eigenvalue weighted by molar-refractivity contribution is -0.148. The van der Waals surface area contributed by atoms with Crippen molar-refractivity contribution in [3.05, 3.63) is 64.4 Å². The lowest BCUT2D eigenvalue weighted by atomic mass is 10.1. The lowest BCUT2D eigenvalue weighted by Crippen LogP contribution is -2.30. The molecule has 1 amide bonds. The molecule has 0 saturated carbocycles. The molecule has 150 valence electrons. The van der Waals surface area contributed by atoms with Crippen LogP contribution in [0.25, 0.3) is 6.08 Å². The zero-order valence-electron chi connectivity index (χ0n) is 15.7. The minimum absolute atomic E-state index is 0.00462. The van der Waals surface area contributed by atoms with Crippen LogP contribution in [-0.2, 0) is 14.3 Å². The van der Waals surface area contributed by atoms with Gasteiger partial charge in [0.05, 0.1) is 17.3 Å². The van der Waals surface area contributed by atoms with E-state index in [0.717, 1.165) is 12.1 Å². The summed E-state index contributed by atoms with van der Waals surface area (Å²) in [6, 6.07) is 12.0. The van der Waals surface area contributed by atoms with Crippen molar-refractivity contribution in [3.63, 3.8) is 0 Å². The molecule has 2 aromatic rings. The number of hydrogen-bond donors (Lipinski definition) is 1. The Hall–Kier alpha value is -3.37. The molecule has 0 unspecified atom stereocenters. The maximum Gasteiger partial charge on any atom is 0.349 e. The molecule has 0 aliphatic carbocycles. The topological polar surface area (TPSA) is 88.4 Å². The highest BCUT2D eigenvalue weighted by Gasteiger charge is 2.21. The highest BCUT2D eigenvalue weighted by Crippen LogP contribution is 2.23. The van der Waals surface area contributed by atoms with Crippen molar-refractivity contribution in [2.45, 2.75) is 20.0 Å². The summed E-state index contributed by atoms with van der Waals surface area (Å²) in [6.45, 7) is 3.73. The van der Waals surface area contributed by atoms with E-state index in [4.69, 9.17) is 21.1 Å². The Kier molecular flexibility index (Phi) is 7.75. The first-order valence-corrected chi connectivity index (χ1v) is 9.03. The second kappa shape index (κ2) is 10.2. The van der Waals surface area contributed by atoms with E-state index in [9.17, 15) is 19.2 Å². The Morgan fingerprint density at radius 2 is 1.97 bits per heavy atom. The van der Waals surface area contributed by atoms with Crippen molar-refractivity contribution in [2.75, 3.05) is 11.9 Å². The lowest BCUT2D eigenvalue weighted by Gasteiger charge is -2.14. The van der Waals surface area contributed by atoms with Crippen LogP contribution in [0, 0.1) is 17.1 Å². The van der Waals surface area contributed by atoms with E-state index >= 15 is 0 Å². The van der Waals surface area contributed by atoms with Crippen LogP contribution in [0.4, 0.5) is 10.1 Å². The number of halogens is 2. The maximum atomic E-state index is 13.1. The van der Waals surface area contributed by atoms with Crippen LogP contribution in [0.15, 0.2) is 48.0 Å². The molecular formula is C21H18ClFN2O4. The second-order valence-corrected chi connectivity index (χ2v) is 6.24. The van der Waals surface area contributed by atoms with Gasteiger partial charge in [-0.15, -0.1) is 0 Å². The van der Waals surface area contributed by atoms with Crippen LogP contribution in [0.2, 0.25) is 5.02 Å². The molecule has 0 aliphatic rings. The van der Waals surface area contributed by atoms with Crippen molar-refractivity contribution >= 4 is 35.2 Å². The number of carbonyl (C=O) groups is 2. The fourth-order valence-electron chi connectivity index (χ4n) is 2.23. The van der Waals surface area contributed by atoms with Crippen LogP contribution in [0.3, 0.4) is 0 Å². The normalized spacial score (nSPS) is 11.9. The van der Waals surface area contributed by atoms with Gasteiger partial charge >= 0.3 is 5.97 Å². The number of nitrogens with zero attached hydrogens (tertiary/aromatic N) is 1. The van der Waals surface area contributed by atoms with Gasteiger partial charge in [0, 0.05) is 0 Å². The molecule has 0 saturated heterocycles. The van der Waals surface area contributed by atoms with Gasteiger partial charge in [-0.3, -0.25) is 4.79 Å². The van der Waals surface area contributed by atoms with Gasteiger partial charge in [0.25, 0.3) is 5.91 Å². The molecule has 1 atom stereocenters. The van der Waals surface area contributed by atoms with E-state index in [-0.39, 0.29) is 16.3 Å². The van der Waals surface area contributed by atoms with Crippen molar-refractivity contribution in [1.82, 2.24) is 0 Å². The minimum atomic E-state index is -1.21. The molecule has 0 fully saturated rings. The Balaban J connectivity index is 2.03. The third-order valence-electron chi connectivity index (χ3n) is 3.68. The van der Waals surface area contributed by atoms with Crippen molar-refractivity contribution in [3.8, 4) is 11.8 Å². The smallest absolute Gasteiger partial charge is 0.349 e. The number of anilines is 1. The van der Waals surface area contributed by atoms with Crippen LogP contribution in [-0.4, -0.2) is 24.6 Å². The highest BCUT2D eigenvalue weighted by molar-refractivity contribution is 6.33. The number of nitrogens with one attached hydrogen (secondary N) is 1. The zero-order valence-corrected chi connectivity index (χ0v) is 16.5. The monoisotopic (exact) mass is 416 g/mol. The SMILES string of the molecule is CCOc1ccc(/C=C(\C#N)C(=O)O[C@@H](C)C(=O)Nc2ccc(F)cc2Cl)cc1. The third kappa shape index (κ3) is 6.33. The fourth-order valence-corrected chi connectivity index (χ4v) is 2.45. The summed E-state index contributed by atoms with van der Waals surface area (Å²) in [7, 11) is 0. The molecule has 0 aliphatic heterocycles. The number of amides is 1. The molecule has 0 heterocycles. The molecule has 2 aromatic carbocycles. The van der Waals surface area contributed by atoms with Crippen molar-refractivity contribution < 1.29 is 23.5 Å². The molecule has 6 nitrogen and oxygen atoms in total. The highest BCUT2D eigenvalue weighted by atomic mass is 35.5. The van der Waals surface area contributed by atoms with Crippen molar-refractivity contribution in [2.24, 2.45) is 0 Å². The summed E-state index contributed by atoms with van der Waals surface area (Å²) in [6.07, 6.45) is 0.139. The van der Waals surface area contributed by atoms with Gasteiger partial charge in [-0.05, 0) is 55.8 Å². The molecule has 0 aromatic heterocycles. The molecular weight excluding hydrogens is 399 g/mol. The molecule has 0 spiro atoms. The number of esters is 1. The van der Waals surface area contributed by atoms with Gasteiger partial charge in [0.15, 0.2) is 6.10 Å². The van der Waals surface area contributed by atoms with E-state index < -0.39 is 23.8 Å². The number of hydrogen-bond acceptors (Lipinski definition) is 5. The summed E-state index contributed by atoms with van der Waals surface area (Å²) < 4.78 is 23.5. The predicted molar refractivity (Wildman–Crippen MR) is 107 cm³/mol. The van der Waals surface area contributed by atoms with Gasteiger partial charge in [-0.25, -0.2) is 9.18 Å². The number of carbonyl (C=O) groups excluding carboxylic acids is 2. The number of ether oxygens (including phenoxy) is 2. The van der Waals surface area contributed by atoms with Crippen LogP contribution < -0.4 is 10.1 Å². The average molecular weight is 417 g/mol. The van der Waals surface area contributed by atoms with Gasteiger partial charge in [0.1, 0.15) is 23.2 Å². The number of nitriles is 1. The summed E-state index contributed by atoms with van der Waals surface area (Å²) in [4.78, 5) is 24.4. The van der Waals surface area contributed by atoms with Crippen molar-refractivity contribution in [1.29, 1.82) is 5.26 Å².